The van der Waals surface area contributed by atoms with Gasteiger partial charge in [0.1, 0.15) is 5.75 Å². The van der Waals surface area contributed by atoms with Crippen LogP contribution in [-0.4, -0.2) is 26.2 Å². The van der Waals surface area contributed by atoms with Gasteiger partial charge in [-0.2, -0.15) is 0 Å². The first-order valence-electron chi connectivity index (χ1n) is 10.8. The van der Waals surface area contributed by atoms with E-state index in [2.05, 4.69) is 10.1 Å². The van der Waals surface area contributed by atoms with E-state index < -0.39 is 7.60 Å². The fourth-order valence-corrected chi connectivity index (χ4v) is 4.70. The van der Waals surface area contributed by atoms with Gasteiger partial charge >= 0.3 is 7.60 Å². The minimum absolute atomic E-state index is 0.133. The number of para-hydroxylation sites is 1. The molecule has 0 radical (unpaired) electrons. The van der Waals surface area contributed by atoms with Crippen molar-refractivity contribution in [2.45, 2.75) is 6.42 Å². The number of hydrogen-bond acceptors (Lipinski definition) is 4. The number of aromatic nitrogens is 3. The number of aromatic amines is 1. The molecule has 0 bridgehead atoms. The molecule has 35 heavy (non-hydrogen) atoms. The zero-order valence-electron chi connectivity index (χ0n) is 18.7. The number of benzene rings is 3. The van der Waals surface area contributed by atoms with Crippen LogP contribution in [-0.2, 0) is 11.0 Å². The Labute approximate surface area is 206 Å². The van der Waals surface area contributed by atoms with E-state index in [9.17, 15) is 14.3 Å². The molecule has 0 aliphatic rings. The average Bonchev–Trinajstić information content (AvgIpc) is 3.19. The second-order valence-corrected chi connectivity index (χ2v) is 10.4. The molecule has 0 fully saturated rings. The largest absolute Gasteiger partial charge is 0.424 e. The Morgan fingerprint density at radius 3 is 2.40 bits per heavy atom. The van der Waals surface area contributed by atoms with Gasteiger partial charge in [-0.25, -0.2) is 14.1 Å². The summed E-state index contributed by atoms with van der Waals surface area (Å²) in [6, 6.07) is 23.9. The first kappa shape index (κ1) is 23.1. The summed E-state index contributed by atoms with van der Waals surface area (Å²) < 4.78 is 18.5. The molecule has 5 aromatic rings. The molecule has 2 aromatic heterocycles. The van der Waals surface area contributed by atoms with Crippen LogP contribution in [0.25, 0.3) is 27.9 Å². The monoisotopic (exact) mass is 505 g/mol. The molecule has 0 aliphatic carbocycles. The smallest absolute Gasteiger partial charge is 0.373 e. The fraction of sp³-hybridized carbons (Fsp3) is 0.0769. The molecule has 176 valence electrons. The summed E-state index contributed by atoms with van der Waals surface area (Å²) in [5.41, 5.74) is 4.28. The second-order valence-electron chi connectivity index (χ2n) is 8.16. The van der Waals surface area contributed by atoms with Gasteiger partial charge in [0.05, 0.1) is 5.56 Å². The molecule has 0 saturated heterocycles. The maximum atomic E-state index is 13.6. The fourth-order valence-electron chi connectivity index (χ4n) is 4.04. The lowest BCUT2D eigenvalue weighted by atomic mass is 10.0. The van der Waals surface area contributed by atoms with Gasteiger partial charge in [-0.1, -0.05) is 72.3 Å². The van der Waals surface area contributed by atoms with Gasteiger partial charge in [0.15, 0.2) is 5.65 Å². The van der Waals surface area contributed by atoms with Crippen molar-refractivity contribution in [1.29, 1.82) is 0 Å². The van der Waals surface area contributed by atoms with Crippen molar-refractivity contribution in [1.82, 2.24) is 14.6 Å². The molecular weight excluding hydrogens is 485 g/mol. The number of halogens is 1. The molecule has 1 unspecified atom stereocenters. The van der Waals surface area contributed by atoms with Crippen LogP contribution in [0.2, 0.25) is 5.02 Å². The highest BCUT2D eigenvalue weighted by Crippen LogP contribution is 2.42. The first-order chi connectivity index (χ1) is 16.8. The van der Waals surface area contributed by atoms with E-state index in [4.69, 9.17) is 16.1 Å². The molecule has 1 atom stereocenters. The molecule has 9 heteroatoms. The summed E-state index contributed by atoms with van der Waals surface area (Å²) in [4.78, 5) is 28.0. The Bertz CT molecular complexity index is 1620. The SMILES string of the molecule is CP(=O)(O)Oc1ccccc1-c1cnc2c(-c3ccc(Cl)cc3)c(Cc3ccccc3)[nH]n2c1=O. The van der Waals surface area contributed by atoms with Crippen molar-refractivity contribution in [2.75, 3.05) is 6.66 Å². The third-order valence-electron chi connectivity index (χ3n) is 5.53. The number of rotatable bonds is 6. The number of fused-ring (bicyclic) bond motifs is 1. The van der Waals surface area contributed by atoms with Crippen LogP contribution in [0.15, 0.2) is 89.9 Å². The molecule has 5 rings (SSSR count). The summed E-state index contributed by atoms with van der Waals surface area (Å²) >= 11 is 6.11. The lowest BCUT2D eigenvalue weighted by Gasteiger charge is -2.12. The molecule has 7 nitrogen and oxygen atoms in total. The predicted octanol–water partition coefficient (Wildman–Crippen LogP) is 5.79. The molecule has 3 aromatic carbocycles. The van der Waals surface area contributed by atoms with Gasteiger partial charge in [-0.3, -0.25) is 9.89 Å². The first-order valence-corrected chi connectivity index (χ1v) is 13.2. The molecule has 0 amide bonds. The van der Waals surface area contributed by atoms with Crippen molar-refractivity contribution in [2.24, 2.45) is 0 Å². The maximum absolute atomic E-state index is 13.6. The van der Waals surface area contributed by atoms with Gasteiger partial charge in [0, 0.05) is 41.1 Å². The van der Waals surface area contributed by atoms with E-state index in [1.54, 1.807) is 36.4 Å². The van der Waals surface area contributed by atoms with E-state index in [1.165, 1.54) is 10.7 Å². The Balaban J connectivity index is 1.71. The summed E-state index contributed by atoms with van der Waals surface area (Å²) in [7, 11) is -3.83. The second kappa shape index (κ2) is 9.19. The van der Waals surface area contributed by atoms with E-state index in [0.717, 1.165) is 29.0 Å². The normalized spacial score (nSPS) is 13.0. The van der Waals surface area contributed by atoms with Crippen molar-refractivity contribution < 1.29 is 14.0 Å². The predicted molar refractivity (Wildman–Crippen MR) is 137 cm³/mol. The van der Waals surface area contributed by atoms with E-state index in [-0.39, 0.29) is 16.9 Å². The summed E-state index contributed by atoms with van der Waals surface area (Å²) in [5, 5.41) is 3.85. The lowest BCUT2D eigenvalue weighted by molar-refractivity contribution is 0.388. The molecule has 2 N–H and O–H groups in total. The van der Waals surface area contributed by atoms with Crippen LogP contribution in [0.4, 0.5) is 0 Å². The highest BCUT2D eigenvalue weighted by Gasteiger charge is 2.21. The standard InChI is InChI=1S/C26H21ClN3O4P/c1-35(32,33)34-23-10-6-5-9-20(23)21-16-28-25-24(18-11-13-19(27)14-12-18)22(29-30(25)26(21)31)15-17-7-3-2-4-8-17/h2-14,16,29H,15H2,1H3,(H,32,33). The van der Waals surface area contributed by atoms with E-state index >= 15 is 0 Å². The highest BCUT2D eigenvalue weighted by atomic mass is 35.5. The zero-order chi connectivity index (χ0) is 24.6. The van der Waals surface area contributed by atoms with Gasteiger partial charge in [-0.05, 0) is 29.3 Å². The number of H-pyrrole nitrogens is 1. The Morgan fingerprint density at radius 2 is 1.69 bits per heavy atom. The van der Waals surface area contributed by atoms with Crippen molar-refractivity contribution >= 4 is 24.8 Å². The number of hydrogen-bond donors (Lipinski definition) is 2. The van der Waals surface area contributed by atoms with Crippen molar-refractivity contribution in [3.05, 3.63) is 112 Å². The van der Waals surface area contributed by atoms with E-state index in [1.807, 2.05) is 42.5 Å². The molecule has 0 saturated carbocycles. The topological polar surface area (TPSA) is 96.7 Å². The van der Waals surface area contributed by atoms with Crippen molar-refractivity contribution in [3.8, 4) is 28.0 Å². The van der Waals surface area contributed by atoms with Crippen LogP contribution in [0.1, 0.15) is 11.3 Å². The van der Waals surface area contributed by atoms with Crippen LogP contribution in [0, 0.1) is 0 Å². The summed E-state index contributed by atoms with van der Waals surface area (Å²) in [6.07, 6.45) is 2.03. The van der Waals surface area contributed by atoms with Gasteiger partial charge in [-0.15, -0.1) is 0 Å². The van der Waals surface area contributed by atoms with Gasteiger partial charge in [0.25, 0.3) is 5.56 Å². The Morgan fingerprint density at radius 1 is 1.00 bits per heavy atom. The third kappa shape index (κ3) is 4.80. The number of nitrogens with one attached hydrogen (secondary N) is 1. The van der Waals surface area contributed by atoms with Crippen LogP contribution in [0.3, 0.4) is 0 Å². The van der Waals surface area contributed by atoms with Crippen LogP contribution in [0.5, 0.6) is 5.75 Å². The lowest BCUT2D eigenvalue weighted by Crippen LogP contribution is -2.17. The Kier molecular flexibility index (Phi) is 6.07. The summed E-state index contributed by atoms with van der Waals surface area (Å²) in [5.74, 6) is 0.133. The van der Waals surface area contributed by atoms with Gasteiger partial charge < -0.3 is 9.42 Å². The molecule has 0 aliphatic heterocycles. The number of nitrogens with zero attached hydrogens (tertiary/aromatic N) is 2. The maximum Gasteiger partial charge on any atom is 0.373 e. The zero-order valence-corrected chi connectivity index (χ0v) is 20.3. The van der Waals surface area contributed by atoms with E-state index in [0.29, 0.717) is 22.7 Å². The third-order valence-corrected chi connectivity index (χ3v) is 6.32. The minimum atomic E-state index is -3.83. The highest BCUT2D eigenvalue weighted by molar-refractivity contribution is 7.52. The van der Waals surface area contributed by atoms with Crippen LogP contribution < -0.4 is 10.1 Å². The van der Waals surface area contributed by atoms with Gasteiger partial charge in [0.2, 0.25) is 0 Å². The quantitative estimate of drug-likeness (QED) is 0.284. The molecule has 0 spiro atoms. The average molecular weight is 506 g/mol. The molecule has 2 heterocycles. The minimum Gasteiger partial charge on any atom is -0.424 e. The molecular formula is C26H21ClN3O4P. The van der Waals surface area contributed by atoms with Crippen LogP contribution >= 0.6 is 19.2 Å². The Hall–Kier alpha value is -3.64. The summed E-state index contributed by atoms with van der Waals surface area (Å²) in [6.45, 7) is 1.09. The van der Waals surface area contributed by atoms with Crippen molar-refractivity contribution in [3.63, 3.8) is 0 Å².